The molecule has 0 aliphatic rings. The topological polar surface area (TPSA) is 53.4 Å². The third kappa shape index (κ3) is 6.45. The van der Waals surface area contributed by atoms with E-state index in [1.165, 1.54) is 18.4 Å². The number of unbranched alkanes of at least 4 members (excludes halogenated alkanes) is 1. The number of fused-ring (bicyclic) bond motifs is 1. The molecule has 5 nitrogen and oxygen atoms in total. The Bertz CT molecular complexity index is 1290. The summed E-state index contributed by atoms with van der Waals surface area (Å²) in [6.07, 6.45) is 1.64. The summed E-state index contributed by atoms with van der Waals surface area (Å²) in [7, 11) is 0. The van der Waals surface area contributed by atoms with E-state index in [-0.39, 0.29) is 0 Å². The Hall–Kier alpha value is -3.25. The van der Waals surface area contributed by atoms with Gasteiger partial charge in [0, 0.05) is 11.3 Å². The Morgan fingerprint density at radius 1 is 0.971 bits per heavy atom. The molecule has 1 aromatic heterocycles. The smallest absolute Gasteiger partial charge is 0.428 e. The van der Waals surface area contributed by atoms with E-state index < -0.39 is 11.8 Å². The largest absolute Gasteiger partial charge is 0.514 e. The highest BCUT2D eigenvalue weighted by molar-refractivity contribution is 7.99. The van der Waals surface area contributed by atoms with E-state index in [2.05, 4.69) is 54.0 Å². The van der Waals surface area contributed by atoms with Crippen LogP contribution in [0.1, 0.15) is 46.1 Å². The number of carbonyl (C=O) groups excluding carboxylic acids is 1. The Labute approximate surface area is 211 Å². The van der Waals surface area contributed by atoms with Gasteiger partial charge in [-0.3, -0.25) is 0 Å². The van der Waals surface area contributed by atoms with E-state index in [9.17, 15) is 4.79 Å². The van der Waals surface area contributed by atoms with Crippen LogP contribution in [0.4, 0.5) is 4.79 Å². The number of thioether (sulfide) groups is 1. The normalized spacial score (nSPS) is 11.5. The van der Waals surface area contributed by atoms with Gasteiger partial charge >= 0.3 is 6.16 Å². The SMILES string of the molecule is CCCCSc1nc2ccccc2n1Cc1ccc(-c2ccccc2OC(=O)OC(C)(C)C)cc1. The molecule has 0 saturated heterocycles. The van der Waals surface area contributed by atoms with Crippen LogP contribution >= 0.6 is 11.8 Å². The molecule has 0 atom stereocenters. The van der Waals surface area contributed by atoms with Crippen LogP contribution in [-0.2, 0) is 11.3 Å². The number of benzene rings is 3. The highest BCUT2D eigenvalue weighted by Gasteiger charge is 2.19. The van der Waals surface area contributed by atoms with Crippen molar-refractivity contribution in [1.82, 2.24) is 9.55 Å². The lowest BCUT2D eigenvalue weighted by molar-refractivity contribution is 0.0207. The summed E-state index contributed by atoms with van der Waals surface area (Å²) in [5.74, 6) is 1.54. The van der Waals surface area contributed by atoms with Crippen LogP contribution in [0, 0.1) is 0 Å². The molecular weight excluding hydrogens is 456 g/mol. The van der Waals surface area contributed by atoms with Crippen LogP contribution in [-0.4, -0.2) is 27.1 Å². The Morgan fingerprint density at radius 3 is 2.43 bits per heavy atom. The minimum Gasteiger partial charge on any atom is -0.428 e. The number of ether oxygens (including phenoxy) is 2. The van der Waals surface area contributed by atoms with Gasteiger partial charge < -0.3 is 14.0 Å². The molecule has 0 spiro atoms. The lowest BCUT2D eigenvalue weighted by atomic mass is 10.0. The third-order valence-corrected chi connectivity index (χ3v) is 6.49. The van der Waals surface area contributed by atoms with Gasteiger partial charge in [-0.2, -0.15) is 0 Å². The summed E-state index contributed by atoms with van der Waals surface area (Å²) in [6.45, 7) is 8.40. The first kappa shape index (κ1) is 24.9. The molecule has 4 rings (SSSR count). The molecule has 0 amide bonds. The number of nitrogens with zero attached hydrogens (tertiary/aromatic N) is 2. The average molecular weight is 489 g/mol. The molecule has 0 aliphatic heterocycles. The average Bonchev–Trinajstić information content (AvgIpc) is 3.16. The van der Waals surface area contributed by atoms with E-state index in [0.29, 0.717) is 5.75 Å². The fourth-order valence-electron chi connectivity index (χ4n) is 3.75. The van der Waals surface area contributed by atoms with Crippen LogP contribution in [0.15, 0.2) is 78.0 Å². The fourth-order valence-corrected chi connectivity index (χ4v) is 4.85. The predicted molar refractivity (Wildman–Crippen MR) is 143 cm³/mol. The fraction of sp³-hybridized carbons (Fsp3) is 0.310. The molecule has 0 N–H and O–H groups in total. The molecule has 0 aliphatic carbocycles. The summed E-state index contributed by atoms with van der Waals surface area (Å²) in [5.41, 5.74) is 4.55. The molecule has 4 aromatic rings. The quantitative estimate of drug-likeness (QED) is 0.109. The molecule has 0 bridgehead atoms. The minimum absolute atomic E-state index is 0.477. The van der Waals surface area contributed by atoms with E-state index in [4.69, 9.17) is 14.5 Å². The maximum absolute atomic E-state index is 12.2. The first-order valence-electron chi connectivity index (χ1n) is 12.0. The Kier molecular flexibility index (Phi) is 7.81. The number of hydrogen-bond acceptors (Lipinski definition) is 5. The van der Waals surface area contributed by atoms with Crippen molar-refractivity contribution in [3.05, 3.63) is 78.4 Å². The van der Waals surface area contributed by atoms with E-state index >= 15 is 0 Å². The molecule has 182 valence electrons. The number of carbonyl (C=O) groups is 1. The second-order valence-electron chi connectivity index (χ2n) is 9.43. The van der Waals surface area contributed by atoms with Gasteiger partial charge in [-0.15, -0.1) is 0 Å². The van der Waals surface area contributed by atoms with Gasteiger partial charge in [0.15, 0.2) is 5.16 Å². The van der Waals surface area contributed by atoms with Crippen molar-refractivity contribution in [1.29, 1.82) is 0 Å². The van der Waals surface area contributed by atoms with Crippen LogP contribution in [0.25, 0.3) is 22.2 Å². The Morgan fingerprint density at radius 2 is 1.69 bits per heavy atom. The van der Waals surface area contributed by atoms with Crippen molar-refractivity contribution in [2.75, 3.05) is 5.75 Å². The van der Waals surface area contributed by atoms with Gasteiger partial charge in [-0.05, 0) is 56.5 Å². The van der Waals surface area contributed by atoms with E-state index in [1.807, 2.05) is 56.8 Å². The van der Waals surface area contributed by atoms with Crippen molar-refractivity contribution < 1.29 is 14.3 Å². The van der Waals surface area contributed by atoms with Crippen molar-refractivity contribution in [2.24, 2.45) is 0 Å². The standard InChI is InChI=1S/C29H32N2O3S/c1-5-6-19-35-27-30-24-12-8-9-13-25(24)31(27)20-21-15-17-22(18-16-21)23-11-7-10-14-26(23)33-28(32)34-29(2,3)4/h7-18H,5-6,19-20H2,1-4H3. The summed E-state index contributed by atoms with van der Waals surface area (Å²) < 4.78 is 13.1. The van der Waals surface area contributed by atoms with Crippen molar-refractivity contribution in [3.63, 3.8) is 0 Å². The molecular formula is C29H32N2O3S. The highest BCUT2D eigenvalue weighted by Crippen LogP contribution is 2.31. The Balaban J connectivity index is 1.56. The molecule has 1 heterocycles. The first-order chi connectivity index (χ1) is 16.8. The summed E-state index contributed by atoms with van der Waals surface area (Å²) in [5, 5.41) is 1.06. The molecule has 0 saturated carbocycles. The van der Waals surface area contributed by atoms with Crippen LogP contribution < -0.4 is 4.74 Å². The second-order valence-corrected chi connectivity index (χ2v) is 10.5. The van der Waals surface area contributed by atoms with Crippen molar-refractivity contribution >= 4 is 29.0 Å². The zero-order valence-corrected chi connectivity index (χ0v) is 21.6. The first-order valence-corrected chi connectivity index (χ1v) is 13.0. The van der Waals surface area contributed by atoms with Crippen molar-refractivity contribution in [3.8, 4) is 16.9 Å². The third-order valence-electron chi connectivity index (χ3n) is 5.42. The molecule has 0 unspecified atom stereocenters. The molecule has 35 heavy (non-hydrogen) atoms. The minimum atomic E-state index is -0.707. The van der Waals surface area contributed by atoms with Crippen LogP contribution in [0.2, 0.25) is 0 Å². The van der Waals surface area contributed by atoms with Crippen molar-refractivity contribution in [2.45, 2.75) is 57.8 Å². The summed E-state index contributed by atoms with van der Waals surface area (Å²) in [6, 6.07) is 24.2. The lowest BCUT2D eigenvalue weighted by Crippen LogP contribution is -2.26. The van der Waals surface area contributed by atoms with Gasteiger partial charge in [0.2, 0.25) is 0 Å². The van der Waals surface area contributed by atoms with Gasteiger partial charge in [-0.1, -0.05) is 79.7 Å². The van der Waals surface area contributed by atoms with E-state index in [1.54, 1.807) is 6.07 Å². The molecule has 6 heteroatoms. The maximum Gasteiger partial charge on any atom is 0.514 e. The van der Waals surface area contributed by atoms with E-state index in [0.717, 1.165) is 39.6 Å². The second kappa shape index (κ2) is 11.0. The number of rotatable bonds is 8. The zero-order chi connectivity index (χ0) is 24.8. The number of imidazole rings is 1. The number of aromatic nitrogens is 2. The van der Waals surface area contributed by atoms with Crippen LogP contribution in [0.3, 0.4) is 0 Å². The lowest BCUT2D eigenvalue weighted by Gasteiger charge is -2.19. The monoisotopic (exact) mass is 488 g/mol. The van der Waals surface area contributed by atoms with Gasteiger partial charge in [0.05, 0.1) is 17.6 Å². The number of hydrogen-bond donors (Lipinski definition) is 0. The molecule has 0 radical (unpaired) electrons. The molecule has 3 aromatic carbocycles. The maximum atomic E-state index is 12.2. The summed E-state index contributed by atoms with van der Waals surface area (Å²) in [4.78, 5) is 17.1. The van der Waals surface area contributed by atoms with Crippen LogP contribution in [0.5, 0.6) is 5.75 Å². The predicted octanol–water partition coefficient (Wildman–Crippen LogP) is 7.96. The zero-order valence-electron chi connectivity index (χ0n) is 20.8. The summed E-state index contributed by atoms with van der Waals surface area (Å²) >= 11 is 1.82. The molecule has 0 fully saturated rings. The van der Waals surface area contributed by atoms with Gasteiger partial charge in [0.1, 0.15) is 11.4 Å². The van der Waals surface area contributed by atoms with Gasteiger partial charge in [-0.25, -0.2) is 9.78 Å². The number of para-hydroxylation sites is 3. The highest BCUT2D eigenvalue weighted by atomic mass is 32.2. The van der Waals surface area contributed by atoms with Gasteiger partial charge in [0.25, 0.3) is 0 Å².